The molecule has 2 nitrogen and oxygen atoms in total. The Kier molecular flexibility index (Phi) is 5.89. The molecule has 2 aromatic rings. The molecule has 2 aromatic carbocycles. The SMILES string of the molecule is CCN(CC)[Si](c1ccccc1)(c1ccccc1)[C@H]1C=CCC[C@@H]1O. The van der Waals surface area contributed by atoms with Gasteiger partial charge in [0.2, 0.25) is 8.24 Å². The maximum Gasteiger partial charge on any atom is 0.202 e. The average molecular weight is 352 g/mol. The van der Waals surface area contributed by atoms with Crippen LogP contribution < -0.4 is 10.4 Å². The molecule has 0 bridgehead atoms. The Balaban J connectivity index is 2.31. The molecule has 0 saturated heterocycles. The first-order chi connectivity index (χ1) is 12.2. The van der Waals surface area contributed by atoms with Crippen LogP contribution in [-0.2, 0) is 0 Å². The minimum absolute atomic E-state index is 0.172. The molecule has 0 amide bonds. The Morgan fingerprint density at radius 2 is 1.44 bits per heavy atom. The van der Waals surface area contributed by atoms with Gasteiger partial charge in [-0.15, -0.1) is 0 Å². The summed E-state index contributed by atoms with van der Waals surface area (Å²) in [6, 6.07) is 21.8. The molecule has 0 aromatic heterocycles. The van der Waals surface area contributed by atoms with E-state index in [1.54, 1.807) is 0 Å². The molecule has 2 atom stereocenters. The summed E-state index contributed by atoms with van der Waals surface area (Å²) in [7, 11) is -2.34. The average Bonchev–Trinajstić information content (AvgIpc) is 2.68. The van der Waals surface area contributed by atoms with E-state index in [1.807, 2.05) is 0 Å². The summed E-state index contributed by atoms with van der Waals surface area (Å²) in [4.78, 5) is 0. The van der Waals surface area contributed by atoms with E-state index in [1.165, 1.54) is 10.4 Å². The van der Waals surface area contributed by atoms with Crippen molar-refractivity contribution >= 4 is 18.6 Å². The predicted octanol–water partition coefficient (Wildman–Crippen LogP) is 3.17. The second-order valence-electron chi connectivity index (χ2n) is 6.77. The normalized spacial score (nSPS) is 20.8. The van der Waals surface area contributed by atoms with Gasteiger partial charge in [0.1, 0.15) is 0 Å². The van der Waals surface area contributed by atoms with Crippen LogP contribution in [0, 0.1) is 0 Å². The van der Waals surface area contributed by atoms with Gasteiger partial charge >= 0.3 is 0 Å². The zero-order chi connectivity index (χ0) is 17.7. The number of benzene rings is 2. The topological polar surface area (TPSA) is 23.5 Å². The Bertz CT molecular complexity index is 642. The molecule has 3 heteroatoms. The third-order valence-electron chi connectivity index (χ3n) is 5.56. The highest BCUT2D eigenvalue weighted by Gasteiger charge is 2.50. The van der Waals surface area contributed by atoms with Crippen LogP contribution in [0.25, 0.3) is 0 Å². The van der Waals surface area contributed by atoms with Crippen LogP contribution in [0.1, 0.15) is 26.7 Å². The highest BCUT2D eigenvalue weighted by atomic mass is 28.3. The van der Waals surface area contributed by atoms with E-state index >= 15 is 0 Å². The van der Waals surface area contributed by atoms with Crippen LogP contribution >= 0.6 is 0 Å². The molecule has 1 aliphatic carbocycles. The summed E-state index contributed by atoms with van der Waals surface area (Å²) in [6.45, 7) is 6.47. The lowest BCUT2D eigenvalue weighted by molar-refractivity contribution is 0.159. The Morgan fingerprint density at radius 3 is 1.88 bits per heavy atom. The van der Waals surface area contributed by atoms with E-state index in [0.717, 1.165) is 25.9 Å². The van der Waals surface area contributed by atoms with Crippen molar-refractivity contribution in [3.8, 4) is 0 Å². The van der Waals surface area contributed by atoms with Gasteiger partial charge in [-0.25, -0.2) is 0 Å². The third-order valence-corrected chi connectivity index (χ3v) is 11.2. The third kappa shape index (κ3) is 3.24. The van der Waals surface area contributed by atoms with Crippen molar-refractivity contribution in [1.29, 1.82) is 0 Å². The van der Waals surface area contributed by atoms with Gasteiger partial charge in [-0.2, -0.15) is 0 Å². The van der Waals surface area contributed by atoms with Crippen molar-refractivity contribution in [1.82, 2.24) is 4.57 Å². The summed E-state index contributed by atoms with van der Waals surface area (Å²) in [5, 5.41) is 13.8. The molecule has 25 heavy (non-hydrogen) atoms. The lowest BCUT2D eigenvalue weighted by atomic mass is 10.0. The van der Waals surface area contributed by atoms with E-state index in [0.29, 0.717) is 0 Å². The van der Waals surface area contributed by atoms with Gasteiger partial charge < -0.3 is 9.67 Å². The standard InChI is InChI=1S/C22H29NOSi/c1-3-23(4-2)25(19-13-7-5-8-14-19,20-15-9-6-10-16-20)22-18-12-11-17-21(22)24/h5-10,12-16,18,21-22,24H,3-4,11,17H2,1-2H3/t21-,22-/m0/s1. The fraction of sp³-hybridized carbons (Fsp3) is 0.364. The van der Waals surface area contributed by atoms with Gasteiger partial charge in [0.05, 0.1) is 6.10 Å². The first kappa shape index (κ1) is 18.1. The molecular formula is C22H29NOSi. The van der Waals surface area contributed by atoms with Crippen LogP contribution in [0.4, 0.5) is 0 Å². The second kappa shape index (κ2) is 8.13. The maximum atomic E-state index is 11.0. The molecule has 0 radical (unpaired) electrons. The van der Waals surface area contributed by atoms with E-state index in [9.17, 15) is 5.11 Å². The minimum atomic E-state index is -2.34. The molecule has 0 saturated carbocycles. The zero-order valence-corrected chi connectivity index (χ0v) is 16.3. The highest BCUT2D eigenvalue weighted by molar-refractivity contribution is 7.01. The molecule has 0 aliphatic heterocycles. The summed E-state index contributed by atoms with van der Waals surface area (Å²) in [5.74, 6) is 0. The lowest BCUT2D eigenvalue weighted by Gasteiger charge is -2.48. The van der Waals surface area contributed by atoms with Crippen molar-refractivity contribution in [2.24, 2.45) is 0 Å². The Labute approximate surface area is 152 Å². The van der Waals surface area contributed by atoms with Crippen molar-refractivity contribution in [3.63, 3.8) is 0 Å². The first-order valence-corrected chi connectivity index (χ1v) is 11.5. The van der Waals surface area contributed by atoms with E-state index in [-0.39, 0.29) is 11.6 Å². The number of aliphatic hydroxyl groups excluding tert-OH is 1. The quantitative estimate of drug-likeness (QED) is 0.638. The summed E-state index contributed by atoms with van der Waals surface area (Å²) < 4.78 is 2.64. The molecule has 0 heterocycles. The molecule has 1 N–H and O–H groups in total. The van der Waals surface area contributed by atoms with Crippen LogP contribution in [0.2, 0.25) is 5.54 Å². The van der Waals surface area contributed by atoms with Gasteiger partial charge in [-0.1, -0.05) is 86.7 Å². The van der Waals surface area contributed by atoms with E-state index < -0.39 is 8.24 Å². The molecular weight excluding hydrogens is 322 g/mol. The molecule has 0 spiro atoms. The summed E-state index contributed by atoms with van der Waals surface area (Å²) in [5.41, 5.74) is 0.172. The number of aliphatic hydroxyl groups is 1. The van der Waals surface area contributed by atoms with Crippen LogP contribution in [0.5, 0.6) is 0 Å². The molecule has 0 fully saturated rings. The fourth-order valence-corrected chi connectivity index (χ4v) is 10.3. The molecule has 132 valence electrons. The molecule has 3 rings (SSSR count). The van der Waals surface area contributed by atoms with Gasteiger partial charge in [0.15, 0.2) is 0 Å². The number of rotatable bonds is 6. The number of allylic oxidation sites excluding steroid dienone is 1. The zero-order valence-electron chi connectivity index (χ0n) is 15.3. The van der Waals surface area contributed by atoms with Crippen LogP contribution in [0.15, 0.2) is 72.8 Å². The minimum Gasteiger partial charge on any atom is -0.393 e. The smallest absolute Gasteiger partial charge is 0.202 e. The second-order valence-corrected chi connectivity index (χ2v) is 10.8. The Morgan fingerprint density at radius 1 is 0.920 bits per heavy atom. The Hall–Kier alpha value is -1.68. The van der Waals surface area contributed by atoms with Gasteiger partial charge in [-0.3, -0.25) is 0 Å². The molecule has 1 aliphatic rings. The van der Waals surface area contributed by atoms with Gasteiger partial charge in [0.25, 0.3) is 0 Å². The first-order valence-electron chi connectivity index (χ1n) is 9.46. The summed E-state index contributed by atoms with van der Waals surface area (Å²) >= 11 is 0. The monoisotopic (exact) mass is 351 g/mol. The van der Waals surface area contributed by atoms with Gasteiger partial charge in [-0.05, 0) is 36.3 Å². The van der Waals surface area contributed by atoms with Crippen molar-refractivity contribution in [2.75, 3.05) is 13.1 Å². The number of nitrogens with zero attached hydrogens (tertiary/aromatic N) is 1. The van der Waals surface area contributed by atoms with Gasteiger partial charge in [0, 0.05) is 5.54 Å². The van der Waals surface area contributed by atoms with Crippen LogP contribution in [0.3, 0.4) is 0 Å². The van der Waals surface area contributed by atoms with Crippen molar-refractivity contribution < 1.29 is 5.11 Å². The van der Waals surface area contributed by atoms with E-state index in [4.69, 9.17) is 0 Å². The largest absolute Gasteiger partial charge is 0.393 e. The van der Waals surface area contributed by atoms with Crippen molar-refractivity contribution in [3.05, 3.63) is 72.8 Å². The van der Waals surface area contributed by atoms with E-state index in [2.05, 4.69) is 91.2 Å². The van der Waals surface area contributed by atoms with Crippen molar-refractivity contribution in [2.45, 2.75) is 38.3 Å². The van der Waals surface area contributed by atoms with Crippen LogP contribution in [-0.4, -0.2) is 37.1 Å². The predicted molar refractivity (Wildman–Crippen MR) is 109 cm³/mol. The lowest BCUT2D eigenvalue weighted by Crippen LogP contribution is -2.74. The molecule has 0 unspecified atom stereocenters. The highest BCUT2D eigenvalue weighted by Crippen LogP contribution is 2.35. The fourth-order valence-electron chi connectivity index (χ4n) is 4.47. The summed E-state index contributed by atoms with van der Waals surface area (Å²) in [6.07, 6.45) is 6.13. The number of hydrogen-bond donors (Lipinski definition) is 1. The maximum absolute atomic E-state index is 11.0. The number of hydrogen-bond acceptors (Lipinski definition) is 2.